The monoisotopic (exact) mass is 303 g/mol. The molecule has 110 valence electrons. The van der Waals surface area contributed by atoms with Gasteiger partial charge in [0.15, 0.2) is 9.84 Å². The van der Waals surface area contributed by atoms with Crippen molar-refractivity contribution in [2.45, 2.75) is 12.7 Å². The van der Waals surface area contributed by atoms with Crippen LogP contribution in [-0.2, 0) is 15.6 Å². The Morgan fingerprint density at radius 1 is 1.10 bits per heavy atom. The number of carbonyl (C=O) groups is 1. The van der Waals surface area contributed by atoms with E-state index < -0.39 is 9.84 Å². The maximum atomic E-state index is 12.2. The van der Waals surface area contributed by atoms with Crippen molar-refractivity contribution in [3.05, 3.63) is 65.2 Å². The molecule has 2 aromatic rings. The maximum absolute atomic E-state index is 12.2. The zero-order chi connectivity index (χ0) is 15.5. The number of sulfone groups is 1. The lowest BCUT2D eigenvalue weighted by Gasteiger charge is -2.07. The first kappa shape index (κ1) is 15.3. The topological polar surface area (TPSA) is 63.2 Å². The summed E-state index contributed by atoms with van der Waals surface area (Å²) in [5.74, 6) is -0.326. The van der Waals surface area contributed by atoms with E-state index in [4.69, 9.17) is 0 Å². The number of anilines is 1. The van der Waals surface area contributed by atoms with E-state index >= 15 is 0 Å². The molecule has 0 saturated carbocycles. The smallest absolute Gasteiger partial charge is 0.255 e. The van der Waals surface area contributed by atoms with E-state index in [1.54, 1.807) is 24.3 Å². The molecule has 0 aromatic heterocycles. The first-order chi connectivity index (χ1) is 9.83. The molecule has 2 rings (SSSR count). The number of amides is 1. The minimum Gasteiger partial charge on any atom is -0.322 e. The van der Waals surface area contributed by atoms with Gasteiger partial charge in [0.2, 0.25) is 0 Å². The second kappa shape index (κ2) is 6.10. The van der Waals surface area contributed by atoms with Crippen LogP contribution in [0.3, 0.4) is 0 Å². The molecule has 0 bridgehead atoms. The Morgan fingerprint density at radius 3 is 2.38 bits per heavy atom. The van der Waals surface area contributed by atoms with Crippen LogP contribution in [0.2, 0.25) is 0 Å². The zero-order valence-corrected chi connectivity index (χ0v) is 12.8. The summed E-state index contributed by atoms with van der Waals surface area (Å²) in [6, 6.07) is 14.1. The number of benzene rings is 2. The summed E-state index contributed by atoms with van der Waals surface area (Å²) < 4.78 is 22.6. The Balaban J connectivity index is 2.16. The van der Waals surface area contributed by atoms with Gasteiger partial charge in [0.1, 0.15) is 0 Å². The maximum Gasteiger partial charge on any atom is 0.255 e. The summed E-state index contributed by atoms with van der Waals surface area (Å²) in [7, 11) is -3.11. The quantitative estimate of drug-likeness (QED) is 0.944. The molecule has 0 fully saturated rings. The number of hydrogen-bond acceptors (Lipinski definition) is 3. The minimum atomic E-state index is -3.11. The molecule has 0 unspecified atom stereocenters. The van der Waals surface area contributed by atoms with Crippen LogP contribution >= 0.6 is 0 Å². The average molecular weight is 303 g/mol. The molecule has 0 aliphatic heterocycles. The molecule has 1 N–H and O–H groups in total. The lowest BCUT2D eigenvalue weighted by Crippen LogP contribution is -2.12. The van der Waals surface area contributed by atoms with Gasteiger partial charge in [-0.2, -0.15) is 0 Å². The van der Waals surface area contributed by atoms with E-state index in [2.05, 4.69) is 5.32 Å². The molecule has 0 atom stereocenters. The van der Waals surface area contributed by atoms with E-state index in [1.807, 2.05) is 31.2 Å². The molecule has 0 aliphatic rings. The fourth-order valence-electron chi connectivity index (χ4n) is 1.95. The summed E-state index contributed by atoms with van der Waals surface area (Å²) in [6.45, 7) is 1.97. The van der Waals surface area contributed by atoms with Crippen LogP contribution in [0.15, 0.2) is 48.5 Å². The molecule has 1 amide bonds. The summed E-state index contributed by atoms with van der Waals surface area (Å²) in [4.78, 5) is 12.2. The predicted molar refractivity (Wildman–Crippen MR) is 84.1 cm³/mol. The van der Waals surface area contributed by atoms with Crippen LogP contribution < -0.4 is 5.32 Å². The van der Waals surface area contributed by atoms with Crippen LogP contribution in [0.4, 0.5) is 5.69 Å². The Morgan fingerprint density at radius 2 is 1.76 bits per heavy atom. The zero-order valence-electron chi connectivity index (χ0n) is 12.0. The Labute approximate surface area is 124 Å². The SMILES string of the molecule is Cc1ccc(NC(=O)c2cccc(CS(C)(=O)=O)c2)cc1. The van der Waals surface area contributed by atoms with E-state index in [0.717, 1.165) is 5.56 Å². The Kier molecular flexibility index (Phi) is 4.43. The van der Waals surface area contributed by atoms with E-state index in [0.29, 0.717) is 16.8 Å². The van der Waals surface area contributed by atoms with Gasteiger partial charge >= 0.3 is 0 Å². The summed E-state index contributed by atoms with van der Waals surface area (Å²) in [5, 5.41) is 2.79. The highest BCUT2D eigenvalue weighted by Gasteiger charge is 2.09. The normalized spacial score (nSPS) is 11.1. The minimum absolute atomic E-state index is 0.0708. The molecule has 4 nitrogen and oxygen atoms in total. The van der Waals surface area contributed by atoms with Crippen molar-refractivity contribution in [2.24, 2.45) is 0 Å². The predicted octanol–water partition coefficient (Wildman–Crippen LogP) is 2.79. The van der Waals surface area contributed by atoms with Gasteiger partial charge in [-0.3, -0.25) is 4.79 Å². The third-order valence-electron chi connectivity index (χ3n) is 2.93. The van der Waals surface area contributed by atoms with Crippen molar-refractivity contribution in [1.82, 2.24) is 0 Å². The number of carbonyl (C=O) groups excluding carboxylic acids is 1. The molecular weight excluding hydrogens is 286 g/mol. The fourth-order valence-corrected chi connectivity index (χ4v) is 2.73. The third-order valence-corrected chi connectivity index (χ3v) is 3.79. The molecule has 0 heterocycles. The second-order valence-electron chi connectivity index (χ2n) is 5.09. The summed E-state index contributed by atoms with van der Waals surface area (Å²) >= 11 is 0. The molecule has 2 aromatic carbocycles. The van der Waals surface area contributed by atoms with Crippen molar-refractivity contribution in [2.75, 3.05) is 11.6 Å². The van der Waals surface area contributed by atoms with Crippen LogP contribution in [0.5, 0.6) is 0 Å². The molecule has 5 heteroatoms. The molecule has 0 saturated heterocycles. The van der Waals surface area contributed by atoms with Crippen LogP contribution in [0.25, 0.3) is 0 Å². The summed E-state index contributed by atoms with van der Waals surface area (Å²) in [5.41, 5.74) is 2.87. The molecular formula is C16H17NO3S. The van der Waals surface area contributed by atoms with Gasteiger partial charge in [-0.15, -0.1) is 0 Å². The van der Waals surface area contributed by atoms with Crippen molar-refractivity contribution < 1.29 is 13.2 Å². The largest absolute Gasteiger partial charge is 0.322 e. The van der Waals surface area contributed by atoms with E-state index in [1.165, 1.54) is 6.26 Å². The molecule has 0 radical (unpaired) electrons. The first-order valence-electron chi connectivity index (χ1n) is 6.48. The third kappa shape index (κ3) is 4.72. The van der Waals surface area contributed by atoms with Crippen molar-refractivity contribution >= 4 is 21.4 Å². The van der Waals surface area contributed by atoms with E-state index in [9.17, 15) is 13.2 Å². The highest BCUT2D eigenvalue weighted by Crippen LogP contribution is 2.13. The van der Waals surface area contributed by atoms with Crippen molar-refractivity contribution in [3.63, 3.8) is 0 Å². The molecule has 0 aliphatic carbocycles. The van der Waals surface area contributed by atoms with Gasteiger partial charge in [0.05, 0.1) is 5.75 Å². The van der Waals surface area contributed by atoms with Crippen molar-refractivity contribution in [3.8, 4) is 0 Å². The van der Waals surface area contributed by atoms with Gasteiger partial charge in [-0.25, -0.2) is 8.42 Å². The van der Waals surface area contributed by atoms with Gasteiger partial charge in [0, 0.05) is 17.5 Å². The second-order valence-corrected chi connectivity index (χ2v) is 7.23. The lowest BCUT2D eigenvalue weighted by molar-refractivity contribution is 0.102. The average Bonchev–Trinajstić information content (AvgIpc) is 2.40. The van der Waals surface area contributed by atoms with Crippen LogP contribution in [-0.4, -0.2) is 20.6 Å². The standard InChI is InChI=1S/C16H17NO3S/c1-12-6-8-15(9-7-12)17-16(18)14-5-3-4-13(10-14)11-21(2,19)20/h3-10H,11H2,1-2H3,(H,17,18). The molecule has 21 heavy (non-hydrogen) atoms. The van der Waals surface area contributed by atoms with E-state index in [-0.39, 0.29) is 11.7 Å². The lowest BCUT2D eigenvalue weighted by atomic mass is 10.1. The number of aryl methyl sites for hydroxylation is 1. The van der Waals surface area contributed by atoms with Gasteiger partial charge in [0.25, 0.3) is 5.91 Å². The number of rotatable bonds is 4. The highest BCUT2D eigenvalue weighted by molar-refractivity contribution is 7.89. The fraction of sp³-hybridized carbons (Fsp3) is 0.188. The van der Waals surface area contributed by atoms with Crippen LogP contribution in [0, 0.1) is 6.92 Å². The van der Waals surface area contributed by atoms with Crippen LogP contribution in [0.1, 0.15) is 21.5 Å². The number of hydrogen-bond donors (Lipinski definition) is 1. The Hall–Kier alpha value is -2.14. The van der Waals surface area contributed by atoms with Gasteiger partial charge < -0.3 is 5.32 Å². The summed E-state index contributed by atoms with van der Waals surface area (Å²) in [6.07, 6.45) is 1.17. The number of nitrogens with one attached hydrogen (secondary N) is 1. The molecule has 0 spiro atoms. The van der Waals surface area contributed by atoms with Gasteiger partial charge in [-0.05, 0) is 36.8 Å². The highest BCUT2D eigenvalue weighted by atomic mass is 32.2. The first-order valence-corrected chi connectivity index (χ1v) is 8.54. The van der Waals surface area contributed by atoms with Crippen molar-refractivity contribution in [1.29, 1.82) is 0 Å². The van der Waals surface area contributed by atoms with Gasteiger partial charge in [-0.1, -0.05) is 29.8 Å². The Bertz CT molecular complexity index is 749.